The second-order valence-electron chi connectivity index (χ2n) is 23.8. The van der Waals surface area contributed by atoms with Gasteiger partial charge < -0.3 is 64.4 Å². The van der Waals surface area contributed by atoms with Crippen LogP contribution in [0.3, 0.4) is 0 Å². The number of hydrogen-bond acceptors (Lipinski definition) is 24. The Labute approximate surface area is 524 Å². The van der Waals surface area contributed by atoms with E-state index in [1.54, 1.807) is 0 Å². The highest BCUT2D eigenvalue weighted by atomic mass is 32.2. The fraction of sp³-hybridized carbons (Fsp3) is 0.526. The molecule has 3 spiro atoms. The van der Waals surface area contributed by atoms with Gasteiger partial charge in [-0.25, -0.2) is 29.9 Å². The van der Waals surface area contributed by atoms with Gasteiger partial charge in [-0.3, -0.25) is 15.0 Å². The lowest BCUT2D eigenvalue weighted by Gasteiger charge is -2.42. The highest BCUT2D eigenvalue weighted by Gasteiger charge is 2.50. The fourth-order valence-corrected chi connectivity index (χ4v) is 15.8. The molecule has 0 unspecified atom stereocenters. The summed E-state index contributed by atoms with van der Waals surface area (Å²) in [4.78, 5) is 42.1. The van der Waals surface area contributed by atoms with Gasteiger partial charge >= 0.3 is 18.5 Å². The number of nitrogens with zero attached hydrogens (tertiary/aromatic N) is 12. The zero-order valence-electron chi connectivity index (χ0n) is 48.4. The van der Waals surface area contributed by atoms with Gasteiger partial charge in [-0.05, 0) is 130 Å². The number of pyridine rings is 3. The van der Waals surface area contributed by atoms with Crippen LogP contribution in [-0.4, -0.2) is 136 Å². The van der Waals surface area contributed by atoms with Crippen LogP contribution in [0.5, 0.6) is 0 Å². The molecule has 3 saturated carbocycles. The molecule has 12 rings (SSSR count). The van der Waals surface area contributed by atoms with E-state index in [0.29, 0.717) is 76.0 Å². The first-order chi connectivity index (χ1) is 42.5. The lowest BCUT2D eigenvalue weighted by molar-refractivity contribution is -0.144. The molecule has 0 amide bonds. The second kappa shape index (κ2) is 26.7. The van der Waals surface area contributed by atoms with Crippen LogP contribution in [0.25, 0.3) is 0 Å². The van der Waals surface area contributed by atoms with Gasteiger partial charge in [0.15, 0.2) is 34.5 Å². The Bertz CT molecular complexity index is 3110. The van der Waals surface area contributed by atoms with Crippen LogP contribution < -0.4 is 49.1 Å². The summed E-state index contributed by atoms with van der Waals surface area (Å²) in [5.74, 6) is 1.97. The lowest BCUT2D eigenvalue weighted by Crippen LogP contribution is -2.47. The average Bonchev–Trinajstić information content (AvgIpc) is 1.72. The molecule has 15 N–H and O–H groups in total. The number of aromatic nitrogens is 9. The van der Waals surface area contributed by atoms with Crippen molar-refractivity contribution in [2.24, 2.45) is 33.4 Å². The molecule has 6 aliphatic rings. The van der Waals surface area contributed by atoms with Gasteiger partial charge in [-0.1, -0.05) is 35.3 Å². The summed E-state index contributed by atoms with van der Waals surface area (Å²) in [7, 11) is 0. The second-order valence-corrected chi connectivity index (χ2v) is 26.8. The number of nitrogen functional groups attached to an aromatic ring is 3. The van der Waals surface area contributed by atoms with E-state index in [2.05, 4.69) is 44.9 Å². The number of piperidine rings is 3. The monoisotopic (exact) mass is 1320 g/mol. The summed E-state index contributed by atoms with van der Waals surface area (Å²) >= 11 is 2.38. The van der Waals surface area contributed by atoms with E-state index in [4.69, 9.17) is 34.4 Å². The van der Waals surface area contributed by atoms with Gasteiger partial charge in [0.05, 0.1) is 36.9 Å². The molecule has 9 heterocycles. The van der Waals surface area contributed by atoms with Crippen molar-refractivity contribution in [3.05, 3.63) is 90.7 Å². The van der Waals surface area contributed by atoms with Gasteiger partial charge in [0.2, 0.25) is 0 Å². The first-order valence-electron chi connectivity index (χ1n) is 29.1. The van der Waals surface area contributed by atoms with Crippen LogP contribution in [0.4, 0.5) is 74.4 Å². The van der Waals surface area contributed by atoms with Crippen LogP contribution in [0, 0.1) is 16.2 Å². The molecular formula is C57H69F9N18O3S3. The minimum Gasteiger partial charge on any atom is -0.393 e. The van der Waals surface area contributed by atoms with Crippen molar-refractivity contribution >= 4 is 70.2 Å². The largest absolute Gasteiger partial charge is 0.434 e. The van der Waals surface area contributed by atoms with Gasteiger partial charge in [0.1, 0.15) is 32.5 Å². The van der Waals surface area contributed by atoms with E-state index in [9.17, 15) is 54.8 Å². The zero-order chi connectivity index (χ0) is 64.6. The molecule has 6 aromatic heterocycles. The van der Waals surface area contributed by atoms with E-state index < -0.39 is 35.6 Å². The summed E-state index contributed by atoms with van der Waals surface area (Å²) in [5.41, 5.74) is 33.8. The molecule has 0 radical (unpaired) electrons. The Morgan fingerprint density at radius 1 is 0.411 bits per heavy atom. The number of aliphatic hydroxyl groups excluding tert-OH is 3. The third-order valence-electron chi connectivity index (χ3n) is 18.1. The van der Waals surface area contributed by atoms with Gasteiger partial charge in [0, 0.05) is 90.7 Å². The number of rotatable bonds is 9. The number of anilines is 6. The molecule has 21 nitrogen and oxygen atoms in total. The van der Waals surface area contributed by atoms with Gasteiger partial charge in [0.25, 0.3) is 0 Å². The molecule has 33 heteroatoms. The fourth-order valence-electron chi connectivity index (χ4n) is 13.2. The maximum atomic E-state index is 13.2. The summed E-state index contributed by atoms with van der Waals surface area (Å²) in [6.45, 7) is 4.26. The Morgan fingerprint density at radius 2 is 0.656 bits per heavy atom. The third kappa shape index (κ3) is 14.9. The molecule has 6 fully saturated rings. The summed E-state index contributed by atoms with van der Waals surface area (Å²) in [5, 5.41) is 30.4. The molecule has 3 aliphatic carbocycles. The molecular weight excluding hydrogens is 1250 g/mol. The summed E-state index contributed by atoms with van der Waals surface area (Å²) in [6, 6.07) is 8.28. The van der Waals surface area contributed by atoms with Gasteiger partial charge in [-0.2, -0.15) is 39.5 Å². The average molecular weight is 1320 g/mol. The maximum absolute atomic E-state index is 13.2. The highest BCUT2D eigenvalue weighted by Crippen LogP contribution is 2.50. The van der Waals surface area contributed by atoms with Crippen molar-refractivity contribution in [1.29, 1.82) is 0 Å². The van der Waals surface area contributed by atoms with E-state index >= 15 is 0 Å². The molecule has 3 aliphatic heterocycles. The van der Waals surface area contributed by atoms with Crippen molar-refractivity contribution in [1.82, 2.24) is 44.9 Å². The highest BCUT2D eigenvalue weighted by molar-refractivity contribution is 8.00. The molecule has 6 aromatic rings. The van der Waals surface area contributed by atoms with Crippen molar-refractivity contribution in [3.8, 4) is 0 Å². The SMILES string of the molecule is Nc1nc(N2CCC3(CC2)C[C@@H](O)C[C@@H]3N)cnc1Sc1cccnc1C(F)(F)F.Nc1nc(N2CCC3(CC2)C[C@@H](O)C[C@H]3N)cnc1Sc1cccnc1C(F)(F)F.Nc1nc(N2CCC3(CC2)C[C@H](O)C[C@H]3N)cnc1Sc1cccnc1C(F)(F)F. The Kier molecular flexibility index (Phi) is 19.8. The topological polar surface area (TPSA) is 343 Å². The molecule has 0 bridgehead atoms. The number of aliphatic hydroxyl groups is 3. The van der Waals surface area contributed by atoms with Crippen LogP contribution in [0.15, 0.2) is 103 Å². The predicted molar refractivity (Wildman–Crippen MR) is 321 cm³/mol. The van der Waals surface area contributed by atoms with E-state index in [1.165, 1.54) is 55.0 Å². The Hall–Kier alpha value is -6.33. The van der Waals surface area contributed by atoms with Gasteiger partial charge in [-0.15, -0.1) is 0 Å². The predicted octanol–water partition coefficient (Wildman–Crippen LogP) is 8.08. The van der Waals surface area contributed by atoms with Crippen molar-refractivity contribution in [2.45, 2.75) is 162 Å². The van der Waals surface area contributed by atoms with Crippen LogP contribution >= 0.6 is 35.3 Å². The number of halogens is 9. The first-order valence-corrected chi connectivity index (χ1v) is 31.5. The van der Waals surface area contributed by atoms with Crippen LogP contribution in [0.1, 0.15) is 94.1 Å². The van der Waals surface area contributed by atoms with E-state index in [-0.39, 0.29) is 99.9 Å². The van der Waals surface area contributed by atoms with Crippen molar-refractivity contribution in [3.63, 3.8) is 0 Å². The molecule has 3 saturated heterocycles. The van der Waals surface area contributed by atoms with Crippen molar-refractivity contribution in [2.75, 3.05) is 71.2 Å². The molecule has 90 heavy (non-hydrogen) atoms. The standard InChI is InChI=1S/3C19H23F3N6OS/c3*20-19(21,22)15-12(2-1-5-25-15)30-17-16(24)27-14(10-26-17)28-6-3-18(4-7-28)9-11(29)8-13(18)23/h3*1-2,5,10-11,13,29H,3-4,6-9,23H2,(H2,24,27)/t11-,13+;2*11-,13-/m010/s1. The third-order valence-corrected chi connectivity index (χ3v) is 21.3. The zero-order valence-corrected chi connectivity index (χ0v) is 50.9. The number of hydrogen-bond donors (Lipinski definition) is 9. The summed E-state index contributed by atoms with van der Waals surface area (Å²) in [6.07, 6.45) is 2.28. The van der Waals surface area contributed by atoms with E-state index in [0.717, 1.165) is 112 Å². The minimum atomic E-state index is -4.57. The van der Waals surface area contributed by atoms with E-state index in [1.807, 2.05) is 14.7 Å². The maximum Gasteiger partial charge on any atom is 0.434 e. The van der Waals surface area contributed by atoms with Crippen LogP contribution in [-0.2, 0) is 18.5 Å². The smallest absolute Gasteiger partial charge is 0.393 e. The van der Waals surface area contributed by atoms with Crippen molar-refractivity contribution < 1.29 is 54.8 Å². The molecule has 486 valence electrons. The normalized spacial score (nSPS) is 23.8. The first kappa shape index (κ1) is 66.6. The number of nitrogens with two attached hydrogens (primary N) is 6. The minimum absolute atomic E-state index is 0.00751. The molecule has 0 aromatic carbocycles. The molecule has 6 atom stereocenters. The van der Waals surface area contributed by atoms with Crippen LogP contribution in [0.2, 0.25) is 0 Å². The Balaban J connectivity index is 0.000000148. The Morgan fingerprint density at radius 3 is 0.856 bits per heavy atom. The quantitative estimate of drug-likeness (QED) is 0.0617. The number of alkyl halides is 9. The summed E-state index contributed by atoms with van der Waals surface area (Å²) < 4.78 is 118. The lowest BCUT2D eigenvalue weighted by atomic mass is 9.74.